The largest absolute Gasteiger partial charge is 0.379 e. The molecule has 1 fully saturated rings. The van der Waals surface area contributed by atoms with E-state index in [2.05, 4.69) is 0 Å². The van der Waals surface area contributed by atoms with E-state index in [9.17, 15) is 9.59 Å². The van der Waals surface area contributed by atoms with Crippen LogP contribution in [0.15, 0.2) is 60.7 Å². The molecule has 0 aromatic heterocycles. The Bertz CT molecular complexity index is 717. The number of ether oxygens (including phenoxy) is 1. The summed E-state index contributed by atoms with van der Waals surface area (Å²) in [6, 6.07) is 18.6. The Balaban J connectivity index is 1.76. The van der Waals surface area contributed by atoms with Gasteiger partial charge < -0.3 is 14.5 Å². The fourth-order valence-corrected chi connectivity index (χ4v) is 3.01. The van der Waals surface area contributed by atoms with Crippen LogP contribution < -0.4 is 0 Å². The van der Waals surface area contributed by atoms with Gasteiger partial charge in [-0.05, 0) is 11.1 Å². The van der Waals surface area contributed by atoms with E-state index in [1.165, 1.54) is 4.90 Å². The third-order valence-corrected chi connectivity index (χ3v) is 4.48. The summed E-state index contributed by atoms with van der Waals surface area (Å²) >= 11 is 0. The van der Waals surface area contributed by atoms with Crippen molar-refractivity contribution in [2.75, 3.05) is 26.3 Å². The third-order valence-electron chi connectivity index (χ3n) is 4.48. The van der Waals surface area contributed by atoms with Crippen molar-refractivity contribution < 1.29 is 19.2 Å². The molecule has 1 atom stereocenters. The Hall–Kier alpha value is -2.70. The van der Waals surface area contributed by atoms with Crippen molar-refractivity contribution in [3.63, 3.8) is 0 Å². The summed E-state index contributed by atoms with van der Waals surface area (Å²) in [4.78, 5) is 31.8. The van der Waals surface area contributed by atoms with Gasteiger partial charge in [-0.2, -0.15) is 0 Å². The molecule has 0 unspecified atom stereocenters. The van der Waals surface area contributed by atoms with E-state index in [0.717, 1.165) is 17.5 Å². The summed E-state index contributed by atoms with van der Waals surface area (Å²) in [5, 5.41) is 1.61. The topological polar surface area (TPSA) is 59.1 Å². The maximum absolute atomic E-state index is 12.9. The predicted octanol–water partition coefficient (Wildman–Crippen LogP) is 2.05. The highest BCUT2D eigenvalue weighted by Gasteiger charge is 2.29. The second kappa shape index (κ2) is 9.85. The fourth-order valence-electron chi connectivity index (χ4n) is 3.01. The van der Waals surface area contributed by atoms with Crippen LogP contribution in [0.3, 0.4) is 0 Å². The van der Waals surface area contributed by atoms with Crippen LogP contribution in [0.1, 0.15) is 11.1 Å². The molecule has 27 heavy (non-hydrogen) atoms. The number of hydrogen-bond acceptors (Lipinski definition) is 5. The lowest BCUT2D eigenvalue weighted by Gasteiger charge is -2.31. The zero-order valence-electron chi connectivity index (χ0n) is 15.2. The molecule has 2 aromatic carbocycles. The monoisotopic (exact) mass is 368 g/mol. The second-order valence-corrected chi connectivity index (χ2v) is 6.42. The van der Waals surface area contributed by atoms with Gasteiger partial charge in [-0.1, -0.05) is 60.7 Å². The number of benzene rings is 2. The van der Waals surface area contributed by atoms with E-state index in [1.54, 1.807) is 5.06 Å². The molecule has 142 valence electrons. The van der Waals surface area contributed by atoms with Crippen molar-refractivity contribution in [3.05, 3.63) is 71.8 Å². The van der Waals surface area contributed by atoms with E-state index in [4.69, 9.17) is 9.57 Å². The van der Waals surface area contributed by atoms with Gasteiger partial charge in [0.1, 0.15) is 6.04 Å². The summed E-state index contributed by atoms with van der Waals surface area (Å²) in [6.45, 7) is 2.46. The number of hydroxylamine groups is 2. The average Bonchev–Trinajstić information content (AvgIpc) is 2.73. The minimum absolute atomic E-state index is 0.347. The molecule has 2 aromatic rings. The molecule has 6 nitrogen and oxygen atoms in total. The lowest BCUT2D eigenvalue weighted by molar-refractivity contribution is -0.210. The third kappa shape index (κ3) is 5.64. The molecule has 0 spiro atoms. The molecular weight excluding hydrogens is 344 g/mol. The van der Waals surface area contributed by atoms with Crippen LogP contribution in [0.25, 0.3) is 0 Å². The number of morpholine rings is 1. The van der Waals surface area contributed by atoms with Gasteiger partial charge >= 0.3 is 5.97 Å². The van der Waals surface area contributed by atoms with Crippen LogP contribution in [0, 0.1) is 0 Å². The molecule has 1 saturated heterocycles. The van der Waals surface area contributed by atoms with Gasteiger partial charge in [-0.15, -0.1) is 5.06 Å². The molecule has 0 saturated carbocycles. The van der Waals surface area contributed by atoms with Gasteiger partial charge in [0.05, 0.1) is 26.3 Å². The number of nitrogens with zero attached hydrogens (tertiary/aromatic N) is 2. The van der Waals surface area contributed by atoms with E-state index in [0.29, 0.717) is 39.3 Å². The highest BCUT2D eigenvalue weighted by molar-refractivity contribution is 5.78. The van der Waals surface area contributed by atoms with Crippen molar-refractivity contribution in [2.45, 2.75) is 19.0 Å². The van der Waals surface area contributed by atoms with Gasteiger partial charge in [0.15, 0.2) is 0 Å². The Morgan fingerprint density at radius 1 is 1.04 bits per heavy atom. The first kappa shape index (κ1) is 19.1. The average molecular weight is 368 g/mol. The highest BCUT2D eigenvalue weighted by Crippen LogP contribution is 2.14. The zero-order chi connectivity index (χ0) is 18.9. The van der Waals surface area contributed by atoms with Gasteiger partial charge in [0, 0.05) is 13.0 Å². The molecule has 0 bridgehead atoms. The predicted molar refractivity (Wildman–Crippen MR) is 100 cm³/mol. The molecule has 3 rings (SSSR count). The highest BCUT2D eigenvalue weighted by atomic mass is 16.7. The zero-order valence-corrected chi connectivity index (χ0v) is 15.2. The van der Waals surface area contributed by atoms with Crippen LogP contribution >= 0.6 is 0 Å². The molecule has 0 radical (unpaired) electrons. The van der Waals surface area contributed by atoms with Crippen LogP contribution in [-0.4, -0.2) is 54.7 Å². The lowest BCUT2D eigenvalue weighted by Crippen LogP contribution is -2.47. The Morgan fingerprint density at radius 3 is 2.22 bits per heavy atom. The normalized spacial score (nSPS) is 15.7. The summed E-state index contributed by atoms with van der Waals surface area (Å²) in [5.74, 6) is -0.427. The fraction of sp³-hybridized carbons (Fsp3) is 0.333. The Kier molecular flexibility index (Phi) is 6.96. The van der Waals surface area contributed by atoms with Crippen LogP contribution in [0.2, 0.25) is 0 Å². The van der Waals surface area contributed by atoms with Crippen molar-refractivity contribution in [1.82, 2.24) is 9.96 Å². The first-order valence-corrected chi connectivity index (χ1v) is 9.09. The minimum Gasteiger partial charge on any atom is -0.379 e. The molecular formula is C21H24N2O4. The van der Waals surface area contributed by atoms with Crippen LogP contribution in [-0.2, 0) is 32.1 Å². The first-order valence-electron chi connectivity index (χ1n) is 9.09. The van der Waals surface area contributed by atoms with Gasteiger partial charge in [-0.25, -0.2) is 4.79 Å². The van der Waals surface area contributed by atoms with Crippen molar-refractivity contribution in [3.8, 4) is 0 Å². The summed E-state index contributed by atoms with van der Waals surface area (Å²) in [7, 11) is 0. The van der Waals surface area contributed by atoms with E-state index in [-0.39, 0.29) is 0 Å². The van der Waals surface area contributed by atoms with E-state index in [1.807, 2.05) is 60.7 Å². The van der Waals surface area contributed by atoms with Gasteiger partial charge in [-0.3, -0.25) is 4.79 Å². The Morgan fingerprint density at radius 2 is 1.63 bits per heavy atom. The maximum atomic E-state index is 12.9. The van der Waals surface area contributed by atoms with Crippen LogP contribution in [0.4, 0.5) is 0 Å². The van der Waals surface area contributed by atoms with E-state index >= 15 is 0 Å². The Labute approximate surface area is 159 Å². The second-order valence-electron chi connectivity index (χ2n) is 6.42. The number of amides is 1. The molecule has 1 heterocycles. The number of rotatable bonds is 8. The summed E-state index contributed by atoms with van der Waals surface area (Å²) < 4.78 is 5.29. The smallest absolute Gasteiger partial charge is 0.348 e. The molecule has 0 N–H and O–H groups in total. The van der Waals surface area contributed by atoms with Crippen molar-refractivity contribution >= 4 is 12.4 Å². The summed E-state index contributed by atoms with van der Waals surface area (Å²) in [6.07, 6.45) is 1.12. The number of carbonyl (C=O) groups excluding carboxylic acids is 2. The van der Waals surface area contributed by atoms with Gasteiger partial charge in [0.2, 0.25) is 6.41 Å². The van der Waals surface area contributed by atoms with Gasteiger partial charge in [0.25, 0.3) is 0 Å². The minimum atomic E-state index is -0.701. The molecule has 1 amide bonds. The van der Waals surface area contributed by atoms with Crippen molar-refractivity contribution in [2.24, 2.45) is 0 Å². The number of hydrogen-bond donors (Lipinski definition) is 0. The SMILES string of the molecule is O=CN(Cc1ccccc1)[C@@H](Cc1ccccc1)C(=O)ON1CCOCC1. The maximum Gasteiger partial charge on any atom is 0.348 e. The standard InChI is InChI=1S/C21H24N2O4/c24-17-22(16-19-9-5-2-6-10-19)20(15-18-7-3-1-4-8-18)21(25)27-23-11-13-26-14-12-23/h1-10,17,20H,11-16H2/t20-/m0/s1. The van der Waals surface area contributed by atoms with Crippen LogP contribution in [0.5, 0.6) is 0 Å². The van der Waals surface area contributed by atoms with E-state index < -0.39 is 12.0 Å². The molecule has 1 aliphatic rings. The first-order chi connectivity index (χ1) is 13.3. The van der Waals surface area contributed by atoms with Crippen molar-refractivity contribution in [1.29, 1.82) is 0 Å². The quantitative estimate of drug-likeness (QED) is 0.668. The molecule has 1 aliphatic heterocycles. The molecule has 0 aliphatic carbocycles. The summed E-state index contributed by atoms with van der Waals surface area (Å²) in [5.41, 5.74) is 1.93. The molecule has 6 heteroatoms. The number of carbonyl (C=O) groups is 2. The lowest BCUT2D eigenvalue weighted by atomic mass is 10.0.